The van der Waals surface area contributed by atoms with Crippen molar-refractivity contribution in [2.75, 3.05) is 30.8 Å². The zero-order valence-corrected chi connectivity index (χ0v) is 16.2. The number of benzene rings is 2. The lowest BCUT2D eigenvalue weighted by Crippen LogP contribution is -2.12. The summed E-state index contributed by atoms with van der Waals surface area (Å²) in [6.07, 6.45) is 1.43. The Labute approximate surface area is 165 Å². The molecular formula is C22H25FN4O. The van der Waals surface area contributed by atoms with Gasteiger partial charge in [-0.05, 0) is 49.1 Å². The van der Waals surface area contributed by atoms with Crippen LogP contribution in [-0.4, -0.2) is 30.2 Å². The molecule has 0 aliphatic rings. The van der Waals surface area contributed by atoms with Crippen molar-refractivity contribution in [3.63, 3.8) is 0 Å². The molecule has 0 bridgehead atoms. The Morgan fingerprint density at radius 3 is 2.57 bits per heavy atom. The Bertz CT molecular complexity index is 917. The first-order valence-corrected chi connectivity index (χ1v) is 9.34. The molecule has 1 aromatic heterocycles. The van der Waals surface area contributed by atoms with Gasteiger partial charge in [-0.25, -0.2) is 9.37 Å². The van der Waals surface area contributed by atoms with E-state index in [4.69, 9.17) is 4.74 Å². The highest BCUT2D eigenvalue weighted by Crippen LogP contribution is 2.14. The van der Waals surface area contributed by atoms with Crippen molar-refractivity contribution in [2.45, 2.75) is 19.8 Å². The van der Waals surface area contributed by atoms with Crippen LogP contribution in [0.15, 0.2) is 54.6 Å². The van der Waals surface area contributed by atoms with Gasteiger partial charge in [0.05, 0.1) is 7.11 Å². The molecule has 5 nitrogen and oxygen atoms in total. The fourth-order valence-corrected chi connectivity index (χ4v) is 2.91. The number of rotatable bonds is 9. The third-order valence-corrected chi connectivity index (χ3v) is 4.34. The quantitative estimate of drug-likeness (QED) is 0.581. The summed E-state index contributed by atoms with van der Waals surface area (Å²) >= 11 is 0. The van der Waals surface area contributed by atoms with Gasteiger partial charge in [0.2, 0.25) is 5.95 Å². The van der Waals surface area contributed by atoms with Gasteiger partial charge in [-0.2, -0.15) is 4.98 Å². The highest BCUT2D eigenvalue weighted by molar-refractivity contribution is 5.42. The van der Waals surface area contributed by atoms with Gasteiger partial charge in [-0.15, -0.1) is 0 Å². The zero-order chi connectivity index (χ0) is 19.8. The zero-order valence-electron chi connectivity index (χ0n) is 16.2. The first-order chi connectivity index (χ1) is 13.6. The normalized spacial score (nSPS) is 10.5. The van der Waals surface area contributed by atoms with Crippen LogP contribution in [0.5, 0.6) is 5.75 Å². The smallest absolute Gasteiger partial charge is 0.224 e. The number of anilines is 2. The average molecular weight is 380 g/mol. The second-order valence-corrected chi connectivity index (χ2v) is 6.51. The van der Waals surface area contributed by atoms with Crippen molar-refractivity contribution < 1.29 is 9.13 Å². The summed E-state index contributed by atoms with van der Waals surface area (Å²) in [5.41, 5.74) is 2.74. The van der Waals surface area contributed by atoms with Gasteiger partial charge in [0.25, 0.3) is 0 Å². The second kappa shape index (κ2) is 9.69. The first kappa shape index (κ1) is 19.6. The van der Waals surface area contributed by atoms with Crippen molar-refractivity contribution in [2.24, 2.45) is 0 Å². The monoisotopic (exact) mass is 380 g/mol. The van der Waals surface area contributed by atoms with Crippen molar-refractivity contribution in [3.05, 3.63) is 77.2 Å². The Hall–Kier alpha value is -3.15. The number of halogens is 1. The van der Waals surface area contributed by atoms with Crippen molar-refractivity contribution >= 4 is 11.8 Å². The number of nitrogens with one attached hydrogen (secondary N) is 2. The third-order valence-electron chi connectivity index (χ3n) is 4.34. The number of aryl methyl sites for hydroxylation is 1. The van der Waals surface area contributed by atoms with Crippen molar-refractivity contribution in [1.82, 2.24) is 9.97 Å². The van der Waals surface area contributed by atoms with Gasteiger partial charge in [0.1, 0.15) is 17.4 Å². The van der Waals surface area contributed by atoms with E-state index in [1.807, 2.05) is 37.3 Å². The Morgan fingerprint density at radius 1 is 0.929 bits per heavy atom. The molecule has 146 valence electrons. The molecule has 0 saturated carbocycles. The lowest BCUT2D eigenvalue weighted by molar-refractivity contribution is 0.414. The topological polar surface area (TPSA) is 59.1 Å². The Kier molecular flexibility index (Phi) is 6.78. The molecular weight excluding hydrogens is 355 g/mol. The van der Waals surface area contributed by atoms with Gasteiger partial charge in [-0.3, -0.25) is 0 Å². The Morgan fingerprint density at radius 2 is 1.75 bits per heavy atom. The lowest BCUT2D eigenvalue weighted by Gasteiger charge is -2.11. The fourth-order valence-electron chi connectivity index (χ4n) is 2.91. The second-order valence-electron chi connectivity index (χ2n) is 6.51. The predicted molar refractivity (Wildman–Crippen MR) is 111 cm³/mol. The van der Waals surface area contributed by atoms with Gasteiger partial charge in [-0.1, -0.05) is 30.3 Å². The predicted octanol–water partition coefficient (Wildman–Crippen LogP) is 4.24. The molecule has 0 radical (unpaired) electrons. The molecule has 0 atom stereocenters. The first-order valence-electron chi connectivity index (χ1n) is 9.34. The molecule has 0 unspecified atom stereocenters. The van der Waals surface area contributed by atoms with Crippen LogP contribution in [0.25, 0.3) is 0 Å². The number of nitrogens with zero attached hydrogens (tertiary/aromatic N) is 2. The molecule has 0 aliphatic heterocycles. The van der Waals surface area contributed by atoms with Crippen LogP contribution in [0.1, 0.15) is 16.8 Å². The van der Waals surface area contributed by atoms with Gasteiger partial charge < -0.3 is 15.4 Å². The van der Waals surface area contributed by atoms with Crippen LogP contribution in [0.2, 0.25) is 0 Å². The minimum atomic E-state index is -0.186. The molecule has 0 aliphatic carbocycles. The van der Waals surface area contributed by atoms with Crippen LogP contribution in [-0.2, 0) is 12.8 Å². The summed E-state index contributed by atoms with van der Waals surface area (Å²) < 4.78 is 18.9. The lowest BCUT2D eigenvalue weighted by atomic mass is 10.1. The minimum absolute atomic E-state index is 0.186. The van der Waals surface area contributed by atoms with Crippen molar-refractivity contribution in [3.8, 4) is 5.75 Å². The maximum absolute atomic E-state index is 13.7. The van der Waals surface area contributed by atoms with Gasteiger partial charge >= 0.3 is 0 Å². The molecule has 28 heavy (non-hydrogen) atoms. The third kappa shape index (κ3) is 5.67. The highest BCUT2D eigenvalue weighted by Gasteiger charge is 2.04. The number of ether oxygens (including phenoxy) is 1. The van der Waals surface area contributed by atoms with Crippen LogP contribution >= 0.6 is 0 Å². The van der Waals surface area contributed by atoms with E-state index < -0.39 is 0 Å². The summed E-state index contributed by atoms with van der Waals surface area (Å²) in [6.45, 7) is 3.24. The summed E-state index contributed by atoms with van der Waals surface area (Å²) in [7, 11) is 1.67. The van der Waals surface area contributed by atoms with Gasteiger partial charge in [0, 0.05) is 24.8 Å². The van der Waals surface area contributed by atoms with E-state index in [9.17, 15) is 4.39 Å². The molecule has 3 aromatic rings. The van der Waals surface area contributed by atoms with E-state index in [2.05, 4.69) is 26.7 Å². The number of hydrogen-bond donors (Lipinski definition) is 2. The van der Waals surface area contributed by atoms with Crippen LogP contribution in [0.4, 0.5) is 16.2 Å². The van der Waals surface area contributed by atoms with E-state index in [-0.39, 0.29) is 5.82 Å². The molecule has 1 heterocycles. The van der Waals surface area contributed by atoms with E-state index in [1.165, 1.54) is 11.6 Å². The largest absolute Gasteiger partial charge is 0.497 e. The van der Waals surface area contributed by atoms with E-state index in [0.717, 1.165) is 30.2 Å². The van der Waals surface area contributed by atoms with Crippen molar-refractivity contribution in [1.29, 1.82) is 0 Å². The number of hydrogen-bond acceptors (Lipinski definition) is 5. The fraction of sp³-hybridized carbons (Fsp3) is 0.273. The number of aromatic nitrogens is 2. The molecule has 2 N–H and O–H groups in total. The number of methoxy groups -OCH3 is 1. The SMILES string of the molecule is COc1cccc(CCNc2cc(C)nc(NCCc3ccccc3F)n2)c1. The molecule has 3 rings (SSSR count). The molecule has 0 amide bonds. The summed E-state index contributed by atoms with van der Waals surface area (Å²) in [5.74, 6) is 1.98. The summed E-state index contributed by atoms with van der Waals surface area (Å²) in [5, 5.41) is 6.52. The molecule has 0 fully saturated rings. The van der Waals surface area contributed by atoms with Crippen LogP contribution < -0.4 is 15.4 Å². The summed E-state index contributed by atoms with van der Waals surface area (Å²) in [6, 6.07) is 16.7. The molecule has 0 saturated heterocycles. The van der Waals surface area contributed by atoms with Crippen LogP contribution in [0, 0.1) is 12.7 Å². The van der Waals surface area contributed by atoms with Crippen LogP contribution in [0.3, 0.4) is 0 Å². The standard InChI is InChI=1S/C22H25FN4O/c1-16-14-21(24-12-10-17-6-5-8-19(15-17)28-2)27-22(26-16)25-13-11-18-7-3-4-9-20(18)23/h3-9,14-15H,10-13H2,1-2H3,(H2,24,25,26,27). The minimum Gasteiger partial charge on any atom is -0.497 e. The maximum Gasteiger partial charge on any atom is 0.224 e. The molecule has 0 spiro atoms. The molecule has 6 heteroatoms. The molecule has 2 aromatic carbocycles. The average Bonchev–Trinajstić information content (AvgIpc) is 2.69. The maximum atomic E-state index is 13.7. The Balaban J connectivity index is 1.53. The van der Waals surface area contributed by atoms with E-state index in [0.29, 0.717) is 24.5 Å². The van der Waals surface area contributed by atoms with Gasteiger partial charge in [0.15, 0.2) is 0 Å². The highest BCUT2D eigenvalue weighted by atomic mass is 19.1. The van der Waals surface area contributed by atoms with E-state index >= 15 is 0 Å². The summed E-state index contributed by atoms with van der Waals surface area (Å²) in [4.78, 5) is 8.90. The van der Waals surface area contributed by atoms with E-state index in [1.54, 1.807) is 19.2 Å².